The zero-order valence-corrected chi connectivity index (χ0v) is 12.1. The minimum atomic E-state index is -1.01. The average molecular weight is 265 g/mol. The number of nitrogens with two attached hydrogens (primary N) is 1. The average Bonchev–Trinajstić information content (AvgIpc) is 2.37. The summed E-state index contributed by atoms with van der Waals surface area (Å²) in [6.07, 6.45) is 0.408. The molecule has 1 rings (SSSR count). The van der Waals surface area contributed by atoms with Gasteiger partial charge in [0.2, 0.25) is 0 Å². The van der Waals surface area contributed by atoms with Gasteiger partial charge in [0, 0.05) is 6.42 Å². The van der Waals surface area contributed by atoms with Gasteiger partial charge in [0.05, 0.1) is 13.7 Å². The van der Waals surface area contributed by atoms with Crippen molar-refractivity contribution in [2.24, 2.45) is 5.73 Å². The smallest absolute Gasteiger partial charge is 0.325 e. The monoisotopic (exact) mass is 265 g/mol. The van der Waals surface area contributed by atoms with Gasteiger partial charge in [-0.3, -0.25) is 4.79 Å². The van der Waals surface area contributed by atoms with Crippen LogP contribution in [0.3, 0.4) is 0 Å². The summed E-state index contributed by atoms with van der Waals surface area (Å²) in [5.41, 5.74) is 6.07. The minimum Gasteiger partial charge on any atom is -0.493 e. The van der Waals surface area contributed by atoms with Gasteiger partial charge in [-0.05, 0) is 30.5 Å². The van der Waals surface area contributed by atoms with Gasteiger partial charge in [0.15, 0.2) is 0 Å². The van der Waals surface area contributed by atoms with Gasteiger partial charge >= 0.3 is 5.97 Å². The maximum Gasteiger partial charge on any atom is 0.325 e. The molecule has 4 heteroatoms. The van der Waals surface area contributed by atoms with E-state index in [1.54, 1.807) is 6.92 Å². The molecular formula is C15H23NO3. The Morgan fingerprint density at radius 1 is 1.42 bits per heavy atom. The highest BCUT2D eigenvalue weighted by Crippen LogP contribution is 2.20. The second kappa shape index (κ2) is 6.57. The minimum absolute atomic E-state index is 0.379. The Balaban J connectivity index is 2.54. The van der Waals surface area contributed by atoms with Gasteiger partial charge in [-0.1, -0.05) is 26.0 Å². The number of carbonyl (C=O) groups excluding carboxylic acids is 1. The number of rotatable bonds is 6. The van der Waals surface area contributed by atoms with Gasteiger partial charge in [-0.2, -0.15) is 0 Å². The van der Waals surface area contributed by atoms with Crippen LogP contribution in [-0.2, 0) is 9.53 Å². The largest absolute Gasteiger partial charge is 0.493 e. The van der Waals surface area contributed by atoms with Crippen LogP contribution in [0.15, 0.2) is 24.3 Å². The van der Waals surface area contributed by atoms with Gasteiger partial charge in [0.25, 0.3) is 0 Å². The first-order valence-electron chi connectivity index (χ1n) is 6.47. The first-order chi connectivity index (χ1) is 8.86. The molecule has 0 saturated heterocycles. The molecule has 19 heavy (non-hydrogen) atoms. The van der Waals surface area contributed by atoms with E-state index < -0.39 is 11.5 Å². The molecule has 1 unspecified atom stereocenters. The first kappa shape index (κ1) is 15.5. The van der Waals surface area contributed by atoms with Gasteiger partial charge in [0.1, 0.15) is 11.3 Å². The standard InChI is InChI=1S/C15H23NO3/c1-11(2)12-6-5-7-13(10-12)19-9-8-15(3,16)14(17)18-4/h5-7,10-11H,8-9,16H2,1-4H3. The van der Waals surface area contributed by atoms with Crippen molar-refractivity contribution in [2.45, 2.75) is 38.6 Å². The van der Waals surface area contributed by atoms with Crippen molar-refractivity contribution in [1.82, 2.24) is 0 Å². The van der Waals surface area contributed by atoms with Crippen LogP contribution in [0.2, 0.25) is 0 Å². The predicted molar refractivity (Wildman–Crippen MR) is 75.3 cm³/mol. The second-order valence-corrected chi connectivity index (χ2v) is 5.23. The van der Waals surface area contributed by atoms with E-state index in [1.165, 1.54) is 12.7 Å². The molecule has 0 amide bonds. The van der Waals surface area contributed by atoms with E-state index in [4.69, 9.17) is 10.5 Å². The molecule has 0 aliphatic carbocycles. The highest BCUT2D eigenvalue weighted by Gasteiger charge is 2.29. The summed E-state index contributed by atoms with van der Waals surface area (Å²) >= 11 is 0. The molecule has 106 valence electrons. The van der Waals surface area contributed by atoms with Crippen LogP contribution in [0, 0.1) is 0 Å². The van der Waals surface area contributed by atoms with Crippen LogP contribution >= 0.6 is 0 Å². The molecule has 1 aromatic rings. The lowest BCUT2D eigenvalue weighted by Crippen LogP contribution is -2.46. The lowest BCUT2D eigenvalue weighted by atomic mass is 10.0. The van der Waals surface area contributed by atoms with Crippen LogP contribution in [0.5, 0.6) is 5.75 Å². The zero-order chi connectivity index (χ0) is 14.5. The molecule has 0 radical (unpaired) electrons. The van der Waals surface area contributed by atoms with E-state index in [9.17, 15) is 4.79 Å². The molecule has 0 aliphatic rings. The lowest BCUT2D eigenvalue weighted by Gasteiger charge is -2.21. The third-order valence-electron chi connectivity index (χ3n) is 3.07. The Morgan fingerprint density at radius 2 is 2.11 bits per heavy atom. The van der Waals surface area contributed by atoms with E-state index >= 15 is 0 Å². The number of esters is 1. The maximum absolute atomic E-state index is 11.4. The predicted octanol–water partition coefficient (Wildman–Crippen LogP) is 2.47. The number of hydrogen-bond acceptors (Lipinski definition) is 4. The van der Waals surface area contributed by atoms with E-state index in [-0.39, 0.29) is 0 Å². The molecular weight excluding hydrogens is 242 g/mol. The Morgan fingerprint density at radius 3 is 2.68 bits per heavy atom. The highest BCUT2D eigenvalue weighted by molar-refractivity contribution is 5.79. The van der Waals surface area contributed by atoms with E-state index in [0.717, 1.165) is 5.75 Å². The third-order valence-corrected chi connectivity index (χ3v) is 3.07. The Kier molecular flexibility index (Phi) is 5.36. The molecule has 1 aromatic carbocycles. The van der Waals surface area contributed by atoms with Crippen molar-refractivity contribution in [3.63, 3.8) is 0 Å². The molecule has 2 N–H and O–H groups in total. The van der Waals surface area contributed by atoms with Crippen LogP contribution in [0.4, 0.5) is 0 Å². The topological polar surface area (TPSA) is 61.5 Å². The van der Waals surface area contributed by atoms with Crippen molar-refractivity contribution >= 4 is 5.97 Å². The SMILES string of the molecule is COC(=O)C(C)(N)CCOc1cccc(C(C)C)c1. The highest BCUT2D eigenvalue weighted by atomic mass is 16.5. The summed E-state index contributed by atoms with van der Waals surface area (Å²) in [7, 11) is 1.33. The number of benzene rings is 1. The fourth-order valence-electron chi connectivity index (χ4n) is 1.68. The Labute approximate surface area is 114 Å². The van der Waals surface area contributed by atoms with Crippen LogP contribution in [-0.4, -0.2) is 25.2 Å². The Hall–Kier alpha value is -1.55. The zero-order valence-electron chi connectivity index (χ0n) is 12.1. The summed E-state index contributed by atoms with van der Waals surface area (Å²) in [4.78, 5) is 11.4. The molecule has 0 heterocycles. The van der Waals surface area contributed by atoms with Crippen molar-refractivity contribution in [1.29, 1.82) is 0 Å². The first-order valence-corrected chi connectivity index (χ1v) is 6.47. The molecule has 0 aliphatic heterocycles. The molecule has 0 bridgehead atoms. The maximum atomic E-state index is 11.4. The number of ether oxygens (including phenoxy) is 2. The van der Waals surface area contributed by atoms with Crippen molar-refractivity contribution < 1.29 is 14.3 Å². The van der Waals surface area contributed by atoms with Crippen LogP contribution in [0.25, 0.3) is 0 Å². The van der Waals surface area contributed by atoms with Gasteiger partial charge < -0.3 is 15.2 Å². The molecule has 0 spiro atoms. The number of methoxy groups -OCH3 is 1. The number of carbonyl (C=O) groups is 1. The van der Waals surface area contributed by atoms with E-state index in [2.05, 4.69) is 24.7 Å². The van der Waals surface area contributed by atoms with Crippen molar-refractivity contribution in [2.75, 3.05) is 13.7 Å². The fraction of sp³-hybridized carbons (Fsp3) is 0.533. The summed E-state index contributed by atoms with van der Waals surface area (Å²) in [5, 5.41) is 0. The van der Waals surface area contributed by atoms with Gasteiger partial charge in [-0.15, -0.1) is 0 Å². The quantitative estimate of drug-likeness (QED) is 0.803. The molecule has 0 aromatic heterocycles. The molecule has 4 nitrogen and oxygen atoms in total. The van der Waals surface area contributed by atoms with Crippen molar-refractivity contribution in [3.05, 3.63) is 29.8 Å². The van der Waals surface area contributed by atoms with Crippen LogP contribution < -0.4 is 10.5 Å². The second-order valence-electron chi connectivity index (χ2n) is 5.23. The summed E-state index contributed by atoms with van der Waals surface area (Å²) in [5.74, 6) is 0.831. The molecule has 0 fully saturated rings. The van der Waals surface area contributed by atoms with E-state index in [1.807, 2.05) is 18.2 Å². The fourth-order valence-corrected chi connectivity index (χ4v) is 1.68. The third kappa shape index (κ3) is 4.56. The molecule has 1 atom stereocenters. The van der Waals surface area contributed by atoms with Gasteiger partial charge in [-0.25, -0.2) is 0 Å². The van der Waals surface area contributed by atoms with Crippen LogP contribution in [0.1, 0.15) is 38.7 Å². The lowest BCUT2D eigenvalue weighted by molar-refractivity contribution is -0.146. The van der Waals surface area contributed by atoms with E-state index in [0.29, 0.717) is 18.9 Å². The molecule has 0 saturated carbocycles. The summed E-state index contributed by atoms with van der Waals surface area (Å²) in [6, 6.07) is 7.94. The summed E-state index contributed by atoms with van der Waals surface area (Å²) < 4.78 is 10.3. The Bertz CT molecular complexity index is 427. The normalized spacial score (nSPS) is 14.0. The number of hydrogen-bond donors (Lipinski definition) is 1. The van der Waals surface area contributed by atoms with Crippen molar-refractivity contribution in [3.8, 4) is 5.75 Å². The summed E-state index contributed by atoms with van der Waals surface area (Å²) in [6.45, 7) is 6.29.